The molecular formula is C8H6O5. The highest BCUT2D eigenvalue weighted by Crippen LogP contribution is 2.11. The molecule has 0 aliphatic heterocycles. The van der Waals surface area contributed by atoms with E-state index in [1.165, 1.54) is 7.11 Å². The Bertz CT molecular complexity index is 348. The van der Waals surface area contributed by atoms with E-state index >= 15 is 0 Å². The number of ketones is 2. The van der Waals surface area contributed by atoms with E-state index < -0.39 is 23.1 Å². The summed E-state index contributed by atoms with van der Waals surface area (Å²) in [6, 6.07) is 0. The minimum absolute atomic E-state index is 0.144. The molecular weight excluding hydrogens is 176 g/mol. The molecule has 0 aromatic carbocycles. The summed E-state index contributed by atoms with van der Waals surface area (Å²) < 4.78 is 4.56. The van der Waals surface area contributed by atoms with Crippen LogP contribution in [0.5, 0.6) is 0 Å². The van der Waals surface area contributed by atoms with Crippen molar-refractivity contribution < 1.29 is 24.2 Å². The normalized spacial score (nSPS) is 16.4. The van der Waals surface area contributed by atoms with Crippen molar-refractivity contribution in [3.8, 4) is 0 Å². The van der Waals surface area contributed by atoms with Crippen LogP contribution in [0.15, 0.2) is 23.5 Å². The number of methoxy groups -OCH3 is 1. The van der Waals surface area contributed by atoms with E-state index in [9.17, 15) is 14.4 Å². The predicted octanol–water partition coefficient (Wildman–Crippen LogP) is -0.321. The van der Waals surface area contributed by atoms with Crippen molar-refractivity contribution in [2.24, 2.45) is 0 Å². The molecule has 5 nitrogen and oxygen atoms in total. The maximum absolute atomic E-state index is 11.0. The van der Waals surface area contributed by atoms with Gasteiger partial charge >= 0.3 is 5.97 Å². The average molecular weight is 182 g/mol. The second kappa shape index (κ2) is 3.22. The average Bonchev–Trinajstić information content (AvgIpc) is 2.07. The molecule has 1 aliphatic rings. The smallest absolute Gasteiger partial charge is 0.339 e. The maximum Gasteiger partial charge on any atom is 0.339 e. The van der Waals surface area contributed by atoms with Crippen molar-refractivity contribution in [1.82, 2.24) is 0 Å². The summed E-state index contributed by atoms with van der Waals surface area (Å²) in [4.78, 5) is 32.4. The van der Waals surface area contributed by atoms with Gasteiger partial charge in [0.05, 0.1) is 7.11 Å². The van der Waals surface area contributed by atoms with E-state index in [1.54, 1.807) is 0 Å². The lowest BCUT2D eigenvalue weighted by atomic mass is 10.0. The molecule has 0 spiro atoms. The molecule has 0 bridgehead atoms. The lowest BCUT2D eigenvalue weighted by molar-refractivity contribution is -0.134. The van der Waals surface area contributed by atoms with E-state index in [1.807, 2.05) is 0 Å². The monoisotopic (exact) mass is 182 g/mol. The van der Waals surface area contributed by atoms with Crippen LogP contribution in [-0.4, -0.2) is 29.8 Å². The molecule has 5 heteroatoms. The van der Waals surface area contributed by atoms with Crippen molar-refractivity contribution in [3.63, 3.8) is 0 Å². The molecule has 0 amide bonds. The molecule has 0 heterocycles. The minimum Gasteiger partial charge on any atom is -0.493 e. The number of carbonyl (C=O) groups is 3. The van der Waals surface area contributed by atoms with E-state index in [0.29, 0.717) is 0 Å². The van der Waals surface area contributed by atoms with Gasteiger partial charge in [0.1, 0.15) is 5.57 Å². The second-order valence-corrected chi connectivity index (χ2v) is 2.30. The van der Waals surface area contributed by atoms with Gasteiger partial charge in [-0.15, -0.1) is 0 Å². The van der Waals surface area contributed by atoms with Gasteiger partial charge in [-0.2, -0.15) is 0 Å². The number of aliphatic carboxylic acids is 1. The Hall–Kier alpha value is -1.91. The molecule has 0 aromatic rings. The first-order valence-electron chi connectivity index (χ1n) is 3.35. The molecule has 0 saturated carbocycles. The predicted molar refractivity (Wildman–Crippen MR) is 40.8 cm³/mol. The van der Waals surface area contributed by atoms with Gasteiger partial charge in [-0.3, -0.25) is 9.59 Å². The number of allylic oxidation sites excluding steroid dienone is 2. The Kier molecular flexibility index (Phi) is 2.27. The van der Waals surface area contributed by atoms with Gasteiger partial charge < -0.3 is 9.84 Å². The Morgan fingerprint density at radius 2 is 1.92 bits per heavy atom. The first-order valence-corrected chi connectivity index (χ1v) is 3.35. The fourth-order valence-corrected chi connectivity index (χ4v) is 0.868. The summed E-state index contributed by atoms with van der Waals surface area (Å²) in [6.45, 7) is 0. The van der Waals surface area contributed by atoms with Crippen LogP contribution in [-0.2, 0) is 19.1 Å². The lowest BCUT2D eigenvalue weighted by Gasteiger charge is -2.07. The van der Waals surface area contributed by atoms with Gasteiger partial charge in [0.15, 0.2) is 11.5 Å². The summed E-state index contributed by atoms with van der Waals surface area (Å²) in [5, 5.41) is 8.47. The Morgan fingerprint density at radius 3 is 2.38 bits per heavy atom. The van der Waals surface area contributed by atoms with Crippen LogP contribution in [0.3, 0.4) is 0 Å². The van der Waals surface area contributed by atoms with Crippen LogP contribution in [0.25, 0.3) is 0 Å². The fraction of sp³-hybridized carbons (Fsp3) is 0.125. The van der Waals surface area contributed by atoms with Crippen LogP contribution < -0.4 is 0 Å². The zero-order chi connectivity index (χ0) is 10.0. The minimum atomic E-state index is -1.41. The van der Waals surface area contributed by atoms with E-state index in [-0.39, 0.29) is 5.76 Å². The van der Waals surface area contributed by atoms with Crippen molar-refractivity contribution in [1.29, 1.82) is 0 Å². The number of carboxylic acid groups (broad SMARTS) is 1. The molecule has 0 radical (unpaired) electrons. The Morgan fingerprint density at radius 1 is 1.31 bits per heavy atom. The highest BCUT2D eigenvalue weighted by Gasteiger charge is 2.24. The van der Waals surface area contributed by atoms with E-state index in [0.717, 1.165) is 12.2 Å². The zero-order valence-corrected chi connectivity index (χ0v) is 6.73. The molecule has 0 atom stereocenters. The number of carbonyl (C=O) groups excluding carboxylic acids is 2. The summed E-state index contributed by atoms with van der Waals surface area (Å²) >= 11 is 0. The van der Waals surface area contributed by atoms with Gasteiger partial charge in [-0.05, 0) is 0 Å². The second-order valence-electron chi connectivity index (χ2n) is 2.30. The number of hydrogen-bond donors (Lipinski definition) is 1. The fourth-order valence-electron chi connectivity index (χ4n) is 0.868. The standard InChI is InChI=1S/C8H6O5/c1-13-7-3-5(9)4(8(11)12)2-6(7)10/h2-3H,1H3,(H,11,12). The third-order valence-corrected chi connectivity index (χ3v) is 1.50. The molecule has 68 valence electrons. The highest BCUT2D eigenvalue weighted by atomic mass is 16.5. The molecule has 13 heavy (non-hydrogen) atoms. The number of rotatable bonds is 2. The van der Waals surface area contributed by atoms with E-state index in [2.05, 4.69) is 4.74 Å². The van der Waals surface area contributed by atoms with Crippen LogP contribution in [0.4, 0.5) is 0 Å². The first kappa shape index (κ1) is 9.18. The van der Waals surface area contributed by atoms with Crippen molar-refractivity contribution in [2.45, 2.75) is 0 Å². The third kappa shape index (κ3) is 1.64. The number of carboxylic acids is 1. The largest absolute Gasteiger partial charge is 0.493 e. The van der Waals surface area contributed by atoms with Crippen LogP contribution in [0, 0.1) is 0 Å². The summed E-state index contributed by atoms with van der Waals surface area (Å²) in [5.41, 5.74) is -0.536. The highest BCUT2D eigenvalue weighted by molar-refractivity contribution is 6.29. The van der Waals surface area contributed by atoms with Gasteiger partial charge in [0.25, 0.3) is 0 Å². The van der Waals surface area contributed by atoms with E-state index in [4.69, 9.17) is 5.11 Å². The number of ether oxygens (including phenoxy) is 1. The Labute approximate surface area is 73.3 Å². The number of hydrogen-bond acceptors (Lipinski definition) is 4. The third-order valence-electron chi connectivity index (χ3n) is 1.50. The van der Waals surface area contributed by atoms with Crippen molar-refractivity contribution in [3.05, 3.63) is 23.5 Å². The van der Waals surface area contributed by atoms with Crippen molar-refractivity contribution in [2.75, 3.05) is 7.11 Å². The topological polar surface area (TPSA) is 80.7 Å². The molecule has 1 N–H and O–H groups in total. The quantitative estimate of drug-likeness (QED) is 0.467. The molecule has 0 saturated heterocycles. The molecule has 1 aliphatic carbocycles. The molecule has 0 aromatic heterocycles. The van der Waals surface area contributed by atoms with Crippen LogP contribution >= 0.6 is 0 Å². The molecule has 1 rings (SSSR count). The van der Waals surface area contributed by atoms with Crippen molar-refractivity contribution >= 4 is 17.5 Å². The first-order chi connectivity index (χ1) is 6.06. The maximum atomic E-state index is 11.0. The summed E-state index contributed by atoms with van der Waals surface area (Å²) in [5.74, 6) is -2.90. The summed E-state index contributed by atoms with van der Waals surface area (Å²) in [6.07, 6.45) is 1.62. The summed E-state index contributed by atoms with van der Waals surface area (Å²) in [7, 11) is 1.23. The Balaban J connectivity index is 3.05. The van der Waals surface area contributed by atoms with Gasteiger partial charge in [-0.1, -0.05) is 0 Å². The van der Waals surface area contributed by atoms with Gasteiger partial charge in [0, 0.05) is 12.2 Å². The van der Waals surface area contributed by atoms with Crippen LogP contribution in [0.1, 0.15) is 0 Å². The van der Waals surface area contributed by atoms with Gasteiger partial charge in [-0.25, -0.2) is 4.79 Å². The molecule has 0 unspecified atom stereocenters. The SMILES string of the molecule is COC1=CC(=O)C(C(=O)O)=CC1=O. The van der Waals surface area contributed by atoms with Crippen LogP contribution in [0.2, 0.25) is 0 Å². The lowest BCUT2D eigenvalue weighted by Crippen LogP contribution is -2.19. The molecule has 0 fully saturated rings. The van der Waals surface area contributed by atoms with Gasteiger partial charge in [0.2, 0.25) is 5.78 Å². The zero-order valence-electron chi connectivity index (χ0n) is 6.73.